The van der Waals surface area contributed by atoms with Crippen LogP contribution in [0.5, 0.6) is 11.5 Å². The average Bonchev–Trinajstić information content (AvgIpc) is 3.47. The average molecular weight is 407 g/mol. The van der Waals surface area contributed by atoms with E-state index >= 15 is 0 Å². The van der Waals surface area contributed by atoms with Gasteiger partial charge in [-0.3, -0.25) is 4.79 Å². The first-order valence-electron chi connectivity index (χ1n) is 10.1. The number of ether oxygens (including phenoxy) is 2. The summed E-state index contributed by atoms with van der Waals surface area (Å²) in [4.78, 5) is 19.4. The molecule has 1 aliphatic heterocycles. The zero-order chi connectivity index (χ0) is 20.9. The minimum absolute atomic E-state index is 0.0904. The molecule has 0 spiro atoms. The summed E-state index contributed by atoms with van der Waals surface area (Å²) in [6.45, 7) is 0.704. The van der Waals surface area contributed by atoms with Gasteiger partial charge < -0.3 is 18.9 Å². The molecule has 2 heterocycles. The molecule has 1 saturated heterocycles. The third kappa shape index (κ3) is 4.15. The zero-order valence-corrected chi connectivity index (χ0v) is 17.2. The molecule has 0 bridgehead atoms. The lowest BCUT2D eigenvalue weighted by Crippen LogP contribution is -2.30. The van der Waals surface area contributed by atoms with Gasteiger partial charge in [0.25, 0.3) is 0 Å². The first-order valence-corrected chi connectivity index (χ1v) is 10.1. The molecule has 7 nitrogen and oxygen atoms in total. The van der Waals surface area contributed by atoms with Gasteiger partial charge in [0.1, 0.15) is 17.5 Å². The Hall–Kier alpha value is -3.35. The summed E-state index contributed by atoms with van der Waals surface area (Å²) in [5.74, 6) is 2.67. The van der Waals surface area contributed by atoms with Gasteiger partial charge in [-0.05, 0) is 55.2 Å². The van der Waals surface area contributed by atoms with Crippen LogP contribution in [0.1, 0.15) is 36.8 Å². The summed E-state index contributed by atoms with van der Waals surface area (Å²) in [5.41, 5.74) is 1.88. The second-order valence-corrected chi connectivity index (χ2v) is 7.24. The molecule has 0 saturated carbocycles. The van der Waals surface area contributed by atoms with E-state index < -0.39 is 0 Å². The van der Waals surface area contributed by atoms with E-state index in [9.17, 15) is 4.79 Å². The molecule has 0 aliphatic carbocycles. The summed E-state index contributed by atoms with van der Waals surface area (Å²) in [5, 5.41) is 4.12. The van der Waals surface area contributed by atoms with Crippen LogP contribution in [0.2, 0.25) is 0 Å². The standard InChI is InChI=1S/C23H25N3O4/c1-28-18-12-9-17(10-13-18)22-24-23(30-25-22)19-7-5-15-26(19)21(27)14-11-16-6-3-4-8-20(16)29-2/h3-4,6,8-10,12-13,19H,5,7,11,14-15H2,1-2H3. The molecule has 0 N–H and O–H groups in total. The van der Waals surface area contributed by atoms with E-state index in [0.29, 0.717) is 31.1 Å². The summed E-state index contributed by atoms with van der Waals surface area (Å²) < 4.78 is 16.1. The Morgan fingerprint density at radius 2 is 1.93 bits per heavy atom. The van der Waals surface area contributed by atoms with Crippen molar-refractivity contribution in [1.82, 2.24) is 15.0 Å². The number of hydrogen-bond donors (Lipinski definition) is 0. The maximum absolute atomic E-state index is 12.9. The fourth-order valence-electron chi connectivity index (χ4n) is 3.84. The molecule has 1 amide bonds. The Balaban J connectivity index is 1.44. The minimum atomic E-state index is -0.172. The highest BCUT2D eigenvalue weighted by molar-refractivity contribution is 5.77. The van der Waals surface area contributed by atoms with E-state index in [0.717, 1.165) is 35.5 Å². The monoisotopic (exact) mass is 407 g/mol. The highest BCUT2D eigenvalue weighted by Gasteiger charge is 2.33. The lowest BCUT2D eigenvalue weighted by atomic mass is 10.1. The smallest absolute Gasteiger partial charge is 0.249 e. The number of aromatic nitrogens is 2. The van der Waals surface area contributed by atoms with E-state index in [4.69, 9.17) is 14.0 Å². The van der Waals surface area contributed by atoms with Crippen LogP contribution in [0.15, 0.2) is 53.1 Å². The SMILES string of the molecule is COc1ccc(-c2noc(C3CCCN3C(=O)CCc3ccccc3OC)n2)cc1. The zero-order valence-electron chi connectivity index (χ0n) is 17.2. The molecular weight excluding hydrogens is 382 g/mol. The van der Waals surface area contributed by atoms with E-state index in [1.54, 1.807) is 14.2 Å². The number of carbonyl (C=O) groups excluding carboxylic acids is 1. The van der Waals surface area contributed by atoms with Crippen molar-refractivity contribution in [2.45, 2.75) is 31.7 Å². The number of methoxy groups -OCH3 is 2. The van der Waals surface area contributed by atoms with Crippen LogP contribution >= 0.6 is 0 Å². The Morgan fingerprint density at radius 1 is 1.13 bits per heavy atom. The number of nitrogens with zero attached hydrogens (tertiary/aromatic N) is 3. The number of benzene rings is 2. The molecule has 1 aliphatic rings. The molecule has 4 rings (SSSR count). The fourth-order valence-corrected chi connectivity index (χ4v) is 3.84. The molecule has 3 aromatic rings. The van der Waals surface area contributed by atoms with Gasteiger partial charge in [0.05, 0.1) is 14.2 Å². The van der Waals surface area contributed by atoms with Crippen LogP contribution in [0, 0.1) is 0 Å². The normalized spacial score (nSPS) is 15.9. The second kappa shape index (κ2) is 8.98. The van der Waals surface area contributed by atoms with Crippen LogP contribution in [-0.4, -0.2) is 41.7 Å². The van der Waals surface area contributed by atoms with Crippen molar-refractivity contribution >= 4 is 5.91 Å². The number of hydrogen-bond acceptors (Lipinski definition) is 6. The van der Waals surface area contributed by atoms with Crippen molar-refractivity contribution in [3.05, 3.63) is 60.0 Å². The van der Waals surface area contributed by atoms with Gasteiger partial charge in [-0.15, -0.1) is 0 Å². The number of amides is 1. The predicted octanol–water partition coefficient (Wildman–Crippen LogP) is 4.05. The number of aryl methyl sites for hydroxylation is 1. The quantitative estimate of drug-likeness (QED) is 0.588. The Labute approximate surface area is 175 Å². The van der Waals surface area contributed by atoms with Crippen LogP contribution in [-0.2, 0) is 11.2 Å². The molecule has 1 fully saturated rings. The molecule has 30 heavy (non-hydrogen) atoms. The minimum Gasteiger partial charge on any atom is -0.497 e. The van der Waals surface area contributed by atoms with Gasteiger partial charge in [-0.25, -0.2) is 0 Å². The first-order chi connectivity index (χ1) is 14.7. The molecule has 0 radical (unpaired) electrons. The van der Waals surface area contributed by atoms with Crippen molar-refractivity contribution in [3.8, 4) is 22.9 Å². The van der Waals surface area contributed by atoms with E-state index in [-0.39, 0.29) is 11.9 Å². The van der Waals surface area contributed by atoms with Gasteiger partial charge in [0, 0.05) is 18.5 Å². The summed E-state index contributed by atoms with van der Waals surface area (Å²) >= 11 is 0. The molecule has 1 unspecified atom stereocenters. The Kier molecular flexibility index (Phi) is 5.97. The van der Waals surface area contributed by atoms with E-state index in [1.165, 1.54) is 0 Å². The molecule has 156 valence electrons. The molecular formula is C23H25N3O4. The van der Waals surface area contributed by atoms with E-state index in [2.05, 4.69) is 10.1 Å². The van der Waals surface area contributed by atoms with E-state index in [1.807, 2.05) is 53.4 Å². The van der Waals surface area contributed by atoms with Gasteiger partial charge in [0.2, 0.25) is 17.6 Å². The molecule has 7 heteroatoms. The van der Waals surface area contributed by atoms with Crippen LogP contribution < -0.4 is 9.47 Å². The number of likely N-dealkylation sites (tertiary alicyclic amines) is 1. The van der Waals surface area contributed by atoms with Gasteiger partial charge in [0.15, 0.2) is 0 Å². The number of carbonyl (C=O) groups is 1. The van der Waals surface area contributed by atoms with Crippen molar-refractivity contribution in [2.75, 3.05) is 20.8 Å². The Bertz CT molecular complexity index is 1000. The van der Waals surface area contributed by atoms with Gasteiger partial charge in [-0.1, -0.05) is 23.4 Å². The number of para-hydroxylation sites is 1. The fraction of sp³-hybridized carbons (Fsp3) is 0.348. The lowest BCUT2D eigenvalue weighted by molar-refractivity contribution is -0.132. The third-order valence-electron chi connectivity index (χ3n) is 5.45. The van der Waals surface area contributed by atoms with Crippen molar-refractivity contribution < 1.29 is 18.8 Å². The topological polar surface area (TPSA) is 77.7 Å². The summed E-state index contributed by atoms with van der Waals surface area (Å²) in [6, 6.07) is 15.1. The first kappa shape index (κ1) is 19.9. The summed E-state index contributed by atoms with van der Waals surface area (Å²) in [6.07, 6.45) is 2.79. The van der Waals surface area contributed by atoms with Crippen molar-refractivity contribution in [3.63, 3.8) is 0 Å². The lowest BCUT2D eigenvalue weighted by Gasteiger charge is -2.22. The van der Waals surface area contributed by atoms with Crippen LogP contribution in [0.25, 0.3) is 11.4 Å². The highest BCUT2D eigenvalue weighted by Crippen LogP contribution is 2.33. The Morgan fingerprint density at radius 3 is 2.70 bits per heavy atom. The third-order valence-corrected chi connectivity index (χ3v) is 5.45. The van der Waals surface area contributed by atoms with Crippen LogP contribution in [0.4, 0.5) is 0 Å². The maximum atomic E-state index is 12.9. The number of rotatable bonds is 7. The van der Waals surface area contributed by atoms with Gasteiger partial charge >= 0.3 is 0 Å². The van der Waals surface area contributed by atoms with Crippen molar-refractivity contribution in [1.29, 1.82) is 0 Å². The predicted molar refractivity (Wildman–Crippen MR) is 111 cm³/mol. The molecule has 2 aromatic carbocycles. The second-order valence-electron chi connectivity index (χ2n) is 7.24. The van der Waals surface area contributed by atoms with Crippen LogP contribution in [0.3, 0.4) is 0 Å². The summed E-state index contributed by atoms with van der Waals surface area (Å²) in [7, 11) is 3.27. The highest BCUT2D eigenvalue weighted by atomic mass is 16.5. The molecule has 1 aromatic heterocycles. The van der Waals surface area contributed by atoms with Gasteiger partial charge in [-0.2, -0.15) is 4.98 Å². The largest absolute Gasteiger partial charge is 0.497 e. The van der Waals surface area contributed by atoms with Crippen molar-refractivity contribution in [2.24, 2.45) is 0 Å². The maximum Gasteiger partial charge on any atom is 0.249 e. The molecule has 1 atom stereocenters.